The molecule has 0 aliphatic carbocycles. The van der Waals surface area contributed by atoms with Gasteiger partial charge in [0.1, 0.15) is 0 Å². The van der Waals surface area contributed by atoms with Crippen LogP contribution in [0.5, 0.6) is 0 Å². The van der Waals surface area contributed by atoms with Crippen LogP contribution in [0.3, 0.4) is 0 Å². The van der Waals surface area contributed by atoms with E-state index in [0.717, 1.165) is 18.4 Å². The van der Waals surface area contributed by atoms with Gasteiger partial charge in [0.15, 0.2) is 5.78 Å². The Labute approximate surface area is 130 Å². The Hall–Kier alpha value is -1.55. The van der Waals surface area contributed by atoms with Crippen LogP contribution >= 0.6 is 0 Å². The van der Waals surface area contributed by atoms with Gasteiger partial charge >= 0.3 is 0 Å². The third kappa shape index (κ3) is 5.76. The minimum Gasteiger partial charge on any atom is -0.293 e. The zero-order valence-electron chi connectivity index (χ0n) is 14.1. The number of carbonyl (C=O) groups is 1. The second kappa shape index (κ2) is 8.03. The van der Waals surface area contributed by atoms with Crippen LogP contribution in [0.15, 0.2) is 24.3 Å². The van der Waals surface area contributed by atoms with E-state index in [0.29, 0.717) is 0 Å². The predicted molar refractivity (Wildman–Crippen MR) is 90.4 cm³/mol. The van der Waals surface area contributed by atoms with Gasteiger partial charge in [-0.15, -0.1) is 5.92 Å². The van der Waals surface area contributed by atoms with Gasteiger partial charge in [-0.25, -0.2) is 0 Å². The molecule has 0 spiro atoms. The number of rotatable bonds is 5. The van der Waals surface area contributed by atoms with Crippen LogP contribution in [0, 0.1) is 30.1 Å². The number of hydrogen-bond donors (Lipinski definition) is 0. The van der Waals surface area contributed by atoms with E-state index in [4.69, 9.17) is 0 Å². The molecule has 0 bridgehead atoms. The average molecular weight is 284 g/mol. The Balaban J connectivity index is 2.87. The molecule has 0 heterocycles. The summed E-state index contributed by atoms with van der Waals surface area (Å²) >= 11 is 0. The molecule has 0 saturated carbocycles. The number of unbranched alkanes of at least 4 members (excludes halogenated alkanes) is 3. The molecule has 0 N–H and O–H groups in total. The molecule has 1 unspecified atom stereocenters. The summed E-state index contributed by atoms with van der Waals surface area (Å²) in [6, 6.07) is 7.80. The highest BCUT2D eigenvalue weighted by molar-refractivity contribution is 6.00. The number of ketones is 1. The van der Waals surface area contributed by atoms with E-state index in [-0.39, 0.29) is 17.1 Å². The van der Waals surface area contributed by atoms with Gasteiger partial charge in [0.2, 0.25) is 0 Å². The second-order valence-corrected chi connectivity index (χ2v) is 6.81. The minimum absolute atomic E-state index is 0.139. The summed E-state index contributed by atoms with van der Waals surface area (Å²) in [7, 11) is 0. The third-order valence-corrected chi connectivity index (χ3v) is 3.62. The van der Waals surface area contributed by atoms with Crippen LogP contribution in [0.4, 0.5) is 0 Å². The van der Waals surface area contributed by atoms with E-state index < -0.39 is 0 Å². The summed E-state index contributed by atoms with van der Waals surface area (Å²) in [6.45, 7) is 10.5. The summed E-state index contributed by atoms with van der Waals surface area (Å²) in [4.78, 5) is 12.7. The summed E-state index contributed by atoms with van der Waals surface area (Å²) < 4.78 is 0. The molecule has 0 aliphatic heterocycles. The van der Waals surface area contributed by atoms with Crippen LogP contribution in [0.2, 0.25) is 0 Å². The van der Waals surface area contributed by atoms with Gasteiger partial charge in [0, 0.05) is 12.0 Å². The predicted octanol–water partition coefficient (Wildman–Crippen LogP) is 5.42. The lowest BCUT2D eigenvalue weighted by atomic mass is 9.76. The van der Waals surface area contributed by atoms with E-state index in [9.17, 15) is 4.79 Å². The average Bonchev–Trinajstić information content (AvgIpc) is 2.41. The molecule has 1 atom stereocenters. The van der Waals surface area contributed by atoms with E-state index >= 15 is 0 Å². The van der Waals surface area contributed by atoms with Crippen LogP contribution in [0.1, 0.15) is 69.3 Å². The topological polar surface area (TPSA) is 17.1 Å². The van der Waals surface area contributed by atoms with Crippen LogP contribution in [-0.4, -0.2) is 5.78 Å². The molecule has 0 fully saturated rings. The van der Waals surface area contributed by atoms with Crippen molar-refractivity contribution >= 4 is 5.78 Å². The molecule has 114 valence electrons. The molecule has 0 saturated heterocycles. The molecule has 1 nitrogen and oxygen atoms in total. The number of aryl methyl sites for hydroxylation is 1. The fraction of sp³-hybridized carbons (Fsp3) is 0.550. The van der Waals surface area contributed by atoms with Crippen molar-refractivity contribution in [2.75, 3.05) is 0 Å². The summed E-state index contributed by atoms with van der Waals surface area (Å²) in [5.41, 5.74) is 1.80. The highest BCUT2D eigenvalue weighted by atomic mass is 16.1. The molecular formula is C20H28O. The molecule has 21 heavy (non-hydrogen) atoms. The van der Waals surface area contributed by atoms with Gasteiger partial charge in [-0.05, 0) is 18.8 Å². The highest BCUT2D eigenvalue weighted by Crippen LogP contribution is 2.28. The molecular weight excluding hydrogens is 256 g/mol. The van der Waals surface area contributed by atoms with Gasteiger partial charge in [-0.1, -0.05) is 76.3 Å². The molecule has 1 rings (SSSR count). The van der Waals surface area contributed by atoms with Crippen molar-refractivity contribution in [1.82, 2.24) is 0 Å². The van der Waals surface area contributed by atoms with Gasteiger partial charge in [0.25, 0.3) is 0 Å². The monoisotopic (exact) mass is 284 g/mol. The van der Waals surface area contributed by atoms with Crippen LogP contribution in [-0.2, 0) is 0 Å². The first-order chi connectivity index (χ1) is 9.86. The lowest BCUT2D eigenvalue weighted by Gasteiger charge is -2.25. The van der Waals surface area contributed by atoms with E-state index in [1.54, 1.807) is 0 Å². The third-order valence-electron chi connectivity index (χ3n) is 3.62. The molecule has 1 aromatic rings. The number of Topliss-reactive ketones (excluding diaryl/α,β-unsaturated/α-hetero) is 1. The van der Waals surface area contributed by atoms with Crippen molar-refractivity contribution in [3.8, 4) is 11.8 Å². The Kier molecular flexibility index (Phi) is 6.69. The van der Waals surface area contributed by atoms with Crippen molar-refractivity contribution in [2.24, 2.45) is 11.3 Å². The van der Waals surface area contributed by atoms with E-state index in [2.05, 4.69) is 39.5 Å². The summed E-state index contributed by atoms with van der Waals surface area (Å²) in [5, 5.41) is 0. The fourth-order valence-corrected chi connectivity index (χ4v) is 2.20. The number of hydrogen-bond acceptors (Lipinski definition) is 1. The Bertz CT molecular complexity index is 505. The highest BCUT2D eigenvalue weighted by Gasteiger charge is 2.30. The molecule has 0 radical (unpaired) electrons. The summed E-state index contributed by atoms with van der Waals surface area (Å²) in [5.74, 6) is 6.36. The van der Waals surface area contributed by atoms with Crippen molar-refractivity contribution in [3.63, 3.8) is 0 Å². The van der Waals surface area contributed by atoms with Gasteiger partial charge in [-0.2, -0.15) is 0 Å². The first-order valence-electron chi connectivity index (χ1n) is 7.95. The quantitative estimate of drug-likeness (QED) is 0.400. The zero-order chi connectivity index (χ0) is 15.9. The van der Waals surface area contributed by atoms with Crippen molar-refractivity contribution in [3.05, 3.63) is 35.4 Å². The molecule has 0 aromatic heterocycles. The van der Waals surface area contributed by atoms with Crippen molar-refractivity contribution in [1.29, 1.82) is 0 Å². The minimum atomic E-state index is -0.234. The molecule has 0 amide bonds. The maximum absolute atomic E-state index is 12.7. The SMILES string of the molecule is CCCCCC#CC(C(=O)c1ccc(C)cc1)C(C)(C)C. The first-order valence-corrected chi connectivity index (χ1v) is 7.95. The van der Waals surface area contributed by atoms with Gasteiger partial charge in [0.05, 0.1) is 5.92 Å². The Morgan fingerprint density at radius 3 is 2.29 bits per heavy atom. The largest absolute Gasteiger partial charge is 0.293 e. The Morgan fingerprint density at radius 2 is 1.76 bits per heavy atom. The second-order valence-electron chi connectivity index (χ2n) is 6.81. The standard InChI is InChI=1S/C20H28O/c1-6-7-8-9-10-11-18(20(3,4)5)19(21)17-14-12-16(2)13-15-17/h12-15,18H,6-9H2,1-5H3. The van der Waals surface area contributed by atoms with Gasteiger partial charge in [-0.3, -0.25) is 4.79 Å². The smallest absolute Gasteiger partial charge is 0.178 e. The normalized spacial score (nSPS) is 12.4. The van der Waals surface area contributed by atoms with Gasteiger partial charge < -0.3 is 0 Å². The zero-order valence-corrected chi connectivity index (χ0v) is 14.1. The van der Waals surface area contributed by atoms with E-state index in [1.807, 2.05) is 31.2 Å². The molecule has 0 aliphatic rings. The molecule has 1 aromatic carbocycles. The summed E-state index contributed by atoms with van der Waals surface area (Å²) in [6.07, 6.45) is 4.42. The number of carbonyl (C=O) groups excluding carboxylic acids is 1. The maximum atomic E-state index is 12.7. The lowest BCUT2D eigenvalue weighted by Crippen LogP contribution is -2.27. The first kappa shape index (κ1) is 17.5. The maximum Gasteiger partial charge on any atom is 0.178 e. The van der Waals surface area contributed by atoms with Crippen LogP contribution in [0.25, 0.3) is 0 Å². The number of benzene rings is 1. The van der Waals surface area contributed by atoms with E-state index in [1.165, 1.54) is 18.4 Å². The fourth-order valence-electron chi connectivity index (χ4n) is 2.20. The molecule has 1 heteroatoms. The van der Waals surface area contributed by atoms with Crippen LogP contribution < -0.4 is 0 Å². The Morgan fingerprint density at radius 1 is 1.14 bits per heavy atom. The van der Waals surface area contributed by atoms with Crippen molar-refractivity contribution in [2.45, 2.75) is 60.3 Å². The lowest BCUT2D eigenvalue weighted by molar-refractivity contribution is 0.0879. The van der Waals surface area contributed by atoms with Crippen molar-refractivity contribution < 1.29 is 4.79 Å².